The smallest absolute Gasteiger partial charge is 0.145 e. The summed E-state index contributed by atoms with van der Waals surface area (Å²) in [5.74, 6) is 6.92. The van der Waals surface area contributed by atoms with Crippen molar-refractivity contribution in [1.29, 1.82) is 0 Å². The summed E-state index contributed by atoms with van der Waals surface area (Å²) < 4.78 is 0. The number of nitrogens with two attached hydrogens (primary N) is 1. The Morgan fingerprint density at radius 2 is 2.37 bits per heavy atom. The number of hydrogen-bond donors (Lipinski definition) is 2. The molecule has 0 unspecified atom stereocenters. The molecule has 5 nitrogen and oxygen atoms in total. The molecule has 0 radical (unpaired) electrons. The zero-order valence-electron chi connectivity index (χ0n) is 10.9. The van der Waals surface area contributed by atoms with Gasteiger partial charge in [-0.2, -0.15) is 0 Å². The van der Waals surface area contributed by atoms with Gasteiger partial charge < -0.3 is 5.43 Å². The predicted molar refractivity (Wildman–Crippen MR) is 76.7 cm³/mol. The molecule has 19 heavy (non-hydrogen) atoms. The van der Waals surface area contributed by atoms with Crippen molar-refractivity contribution in [3.8, 4) is 0 Å². The molecule has 0 spiro atoms. The summed E-state index contributed by atoms with van der Waals surface area (Å²) in [6, 6.07) is 4.06. The highest BCUT2D eigenvalue weighted by Crippen LogP contribution is 2.24. The van der Waals surface area contributed by atoms with Crippen LogP contribution in [0.4, 0.5) is 5.82 Å². The molecule has 0 saturated carbocycles. The van der Waals surface area contributed by atoms with Crippen LogP contribution in [0.1, 0.15) is 22.0 Å². The molecule has 0 bridgehead atoms. The molecule has 6 heteroatoms. The number of thiophene rings is 1. The third kappa shape index (κ3) is 2.75. The zero-order chi connectivity index (χ0) is 13.2. The van der Waals surface area contributed by atoms with Gasteiger partial charge in [0, 0.05) is 29.7 Å². The largest absolute Gasteiger partial charge is 0.308 e. The van der Waals surface area contributed by atoms with Crippen molar-refractivity contribution in [3.05, 3.63) is 39.5 Å². The van der Waals surface area contributed by atoms with Gasteiger partial charge in [0.05, 0.1) is 6.54 Å². The number of nitrogen functional groups attached to an aromatic ring is 1. The third-order valence-electron chi connectivity index (χ3n) is 3.30. The summed E-state index contributed by atoms with van der Waals surface area (Å²) in [4.78, 5) is 12.8. The fourth-order valence-electron chi connectivity index (χ4n) is 2.42. The molecule has 0 fully saturated rings. The number of fused-ring (bicyclic) bond motifs is 1. The Morgan fingerprint density at radius 3 is 3.21 bits per heavy atom. The van der Waals surface area contributed by atoms with E-state index in [1.807, 2.05) is 24.3 Å². The van der Waals surface area contributed by atoms with E-state index in [9.17, 15) is 0 Å². The highest BCUT2D eigenvalue weighted by molar-refractivity contribution is 7.10. The second-order valence-electron chi connectivity index (χ2n) is 4.78. The van der Waals surface area contributed by atoms with Crippen LogP contribution in [0.2, 0.25) is 0 Å². The van der Waals surface area contributed by atoms with Crippen LogP contribution in [-0.4, -0.2) is 21.4 Å². The first-order valence-electron chi connectivity index (χ1n) is 6.33. The van der Waals surface area contributed by atoms with E-state index >= 15 is 0 Å². The van der Waals surface area contributed by atoms with Crippen molar-refractivity contribution in [3.63, 3.8) is 0 Å². The maximum atomic E-state index is 5.42. The second kappa shape index (κ2) is 5.24. The number of rotatable bonds is 3. The third-order valence-corrected chi connectivity index (χ3v) is 4.32. The van der Waals surface area contributed by atoms with Gasteiger partial charge in [-0.3, -0.25) is 4.90 Å². The Bertz CT molecular complexity index is 580. The minimum Gasteiger partial charge on any atom is -0.308 e. The van der Waals surface area contributed by atoms with Crippen molar-refractivity contribution in [2.75, 3.05) is 12.0 Å². The monoisotopic (exact) mass is 275 g/mol. The number of nitrogens with one attached hydrogen (secondary N) is 1. The molecule has 0 atom stereocenters. The first-order chi connectivity index (χ1) is 9.24. The molecule has 0 amide bonds. The lowest BCUT2D eigenvalue weighted by molar-refractivity contribution is 0.241. The van der Waals surface area contributed by atoms with E-state index in [0.29, 0.717) is 5.82 Å². The summed E-state index contributed by atoms with van der Waals surface area (Å²) in [5.41, 5.74) is 4.97. The molecular formula is C13H17N5S. The van der Waals surface area contributed by atoms with Crippen LogP contribution < -0.4 is 11.3 Å². The van der Waals surface area contributed by atoms with E-state index in [1.54, 1.807) is 0 Å². The van der Waals surface area contributed by atoms with Gasteiger partial charge in [-0.15, -0.1) is 11.3 Å². The summed E-state index contributed by atoms with van der Waals surface area (Å²) >= 11 is 1.86. The minimum atomic E-state index is 0.677. The van der Waals surface area contributed by atoms with Crippen LogP contribution in [0, 0.1) is 6.92 Å². The number of anilines is 1. The highest BCUT2D eigenvalue weighted by atomic mass is 32.1. The summed E-state index contributed by atoms with van der Waals surface area (Å²) in [5, 5.41) is 2.17. The van der Waals surface area contributed by atoms with Gasteiger partial charge >= 0.3 is 0 Å². The summed E-state index contributed by atoms with van der Waals surface area (Å²) in [6.07, 6.45) is 1.13. The second-order valence-corrected chi connectivity index (χ2v) is 5.79. The minimum absolute atomic E-state index is 0.677. The first kappa shape index (κ1) is 12.5. The maximum absolute atomic E-state index is 5.42. The zero-order valence-corrected chi connectivity index (χ0v) is 11.7. The van der Waals surface area contributed by atoms with Crippen molar-refractivity contribution in [2.45, 2.75) is 26.4 Å². The summed E-state index contributed by atoms with van der Waals surface area (Å²) in [7, 11) is 0. The molecule has 2 aromatic heterocycles. The Morgan fingerprint density at radius 1 is 1.47 bits per heavy atom. The van der Waals surface area contributed by atoms with Crippen molar-refractivity contribution in [1.82, 2.24) is 14.9 Å². The SMILES string of the molecule is Cc1cc(NN)nc(CN2CCc3sccc3C2)n1. The first-order valence-corrected chi connectivity index (χ1v) is 7.21. The van der Waals surface area contributed by atoms with E-state index in [4.69, 9.17) is 5.84 Å². The molecule has 0 aliphatic carbocycles. The van der Waals surface area contributed by atoms with Gasteiger partial charge in [-0.1, -0.05) is 0 Å². The lowest BCUT2D eigenvalue weighted by Gasteiger charge is -2.26. The number of hydrazine groups is 1. The molecule has 3 heterocycles. The number of aromatic nitrogens is 2. The van der Waals surface area contributed by atoms with Crippen LogP contribution in [0.25, 0.3) is 0 Å². The van der Waals surface area contributed by atoms with Crippen molar-refractivity contribution in [2.24, 2.45) is 5.84 Å². The molecule has 100 valence electrons. The van der Waals surface area contributed by atoms with Crippen LogP contribution >= 0.6 is 11.3 Å². The quantitative estimate of drug-likeness (QED) is 0.659. The van der Waals surface area contributed by atoms with Crippen LogP contribution in [0.5, 0.6) is 0 Å². The van der Waals surface area contributed by atoms with Gasteiger partial charge in [0.1, 0.15) is 11.6 Å². The van der Waals surface area contributed by atoms with Crippen LogP contribution in [0.3, 0.4) is 0 Å². The molecule has 3 rings (SSSR count). The van der Waals surface area contributed by atoms with E-state index in [1.165, 1.54) is 10.4 Å². The van der Waals surface area contributed by atoms with E-state index < -0.39 is 0 Å². The number of hydrogen-bond acceptors (Lipinski definition) is 6. The van der Waals surface area contributed by atoms with E-state index in [0.717, 1.165) is 37.6 Å². The van der Waals surface area contributed by atoms with E-state index in [2.05, 4.69) is 31.7 Å². The molecule has 1 aliphatic heterocycles. The van der Waals surface area contributed by atoms with Gasteiger partial charge in [-0.25, -0.2) is 15.8 Å². The van der Waals surface area contributed by atoms with Crippen molar-refractivity contribution >= 4 is 17.2 Å². The molecule has 2 aromatic rings. The number of aryl methyl sites for hydroxylation is 1. The van der Waals surface area contributed by atoms with Crippen LogP contribution in [-0.2, 0) is 19.5 Å². The molecule has 3 N–H and O–H groups in total. The lowest BCUT2D eigenvalue weighted by atomic mass is 10.1. The van der Waals surface area contributed by atoms with Gasteiger partial charge in [-0.05, 0) is 30.4 Å². The average molecular weight is 275 g/mol. The van der Waals surface area contributed by atoms with Crippen LogP contribution in [0.15, 0.2) is 17.5 Å². The van der Waals surface area contributed by atoms with Gasteiger partial charge in [0.2, 0.25) is 0 Å². The Balaban J connectivity index is 1.74. The predicted octanol–water partition coefficient (Wildman–Crippen LogP) is 1.69. The normalized spacial score (nSPS) is 15.3. The Labute approximate surface area is 116 Å². The molecular weight excluding hydrogens is 258 g/mol. The topological polar surface area (TPSA) is 67.1 Å². The molecule has 0 saturated heterocycles. The lowest BCUT2D eigenvalue weighted by Crippen LogP contribution is -2.30. The Kier molecular flexibility index (Phi) is 3.46. The molecule has 1 aliphatic rings. The van der Waals surface area contributed by atoms with Crippen molar-refractivity contribution < 1.29 is 0 Å². The maximum Gasteiger partial charge on any atom is 0.145 e. The standard InChI is InChI=1S/C13H17N5S/c1-9-6-12(17-14)16-13(15-9)8-18-4-2-11-10(7-18)3-5-19-11/h3,5-6H,2,4,7-8,14H2,1H3,(H,15,16,17). The Hall–Kier alpha value is -1.50. The van der Waals surface area contributed by atoms with Gasteiger partial charge in [0.15, 0.2) is 0 Å². The number of nitrogens with zero attached hydrogens (tertiary/aromatic N) is 3. The highest BCUT2D eigenvalue weighted by Gasteiger charge is 2.18. The fraction of sp³-hybridized carbons (Fsp3) is 0.385. The summed E-state index contributed by atoms with van der Waals surface area (Å²) in [6.45, 7) is 4.78. The van der Waals surface area contributed by atoms with E-state index in [-0.39, 0.29) is 0 Å². The molecule has 0 aromatic carbocycles. The average Bonchev–Trinajstić information content (AvgIpc) is 2.85. The van der Waals surface area contributed by atoms with Gasteiger partial charge in [0.25, 0.3) is 0 Å². The fourth-order valence-corrected chi connectivity index (χ4v) is 3.31.